The molecule has 0 saturated carbocycles. The zero-order valence-corrected chi connectivity index (χ0v) is 5.95. The molecular formula is C8H9NO2. The van der Waals surface area contributed by atoms with Crippen LogP contribution >= 0.6 is 0 Å². The Kier molecular flexibility index (Phi) is 2.38. The second-order valence-corrected chi connectivity index (χ2v) is 2.13. The van der Waals surface area contributed by atoms with Gasteiger partial charge >= 0.3 is 0 Å². The van der Waals surface area contributed by atoms with Gasteiger partial charge < -0.3 is 5.21 Å². The third-order valence-corrected chi connectivity index (χ3v) is 1.39. The van der Waals surface area contributed by atoms with E-state index in [4.69, 9.17) is 5.21 Å². The van der Waals surface area contributed by atoms with Gasteiger partial charge in [-0.25, -0.2) is 5.21 Å². The van der Waals surface area contributed by atoms with Crippen LogP contribution in [0.5, 0.6) is 0 Å². The highest BCUT2D eigenvalue weighted by molar-refractivity contribution is 5.49. The Bertz CT molecular complexity index is 241. The molecule has 0 radical (unpaired) electrons. The van der Waals surface area contributed by atoms with Gasteiger partial charge in [-0.3, -0.25) is 0 Å². The minimum Gasteiger partial charge on any atom is -0.595 e. The predicted octanol–water partition coefficient (Wildman–Crippen LogP) is 0.733. The van der Waals surface area contributed by atoms with E-state index in [1.165, 1.54) is 0 Å². The van der Waals surface area contributed by atoms with Gasteiger partial charge in [-0.2, -0.15) is 5.23 Å². The number of hydrogen-bond acceptors (Lipinski definition) is 2. The Balaban J connectivity index is 2.91. The molecule has 0 fully saturated rings. The van der Waals surface area contributed by atoms with Gasteiger partial charge in [-0.15, -0.1) is 0 Å². The van der Waals surface area contributed by atoms with Crippen LogP contribution < -0.4 is 5.23 Å². The standard InChI is InChI=1S/C8H9NO2/c1-2-7-3-5-8(6-4-7)9(10)11/h2-6,9-10H,1H2. The molecule has 0 amide bonds. The molecule has 0 heterocycles. The van der Waals surface area contributed by atoms with Crippen molar-refractivity contribution in [2.24, 2.45) is 0 Å². The van der Waals surface area contributed by atoms with Crippen molar-refractivity contribution in [3.05, 3.63) is 41.6 Å². The van der Waals surface area contributed by atoms with E-state index in [1.807, 2.05) is 0 Å². The molecule has 1 unspecified atom stereocenters. The summed E-state index contributed by atoms with van der Waals surface area (Å²) >= 11 is 0. The lowest BCUT2D eigenvalue weighted by Gasteiger charge is -2.10. The second-order valence-electron chi connectivity index (χ2n) is 2.13. The summed E-state index contributed by atoms with van der Waals surface area (Å²) in [5, 5.41) is 18.0. The van der Waals surface area contributed by atoms with E-state index in [0.29, 0.717) is 5.69 Å². The molecule has 1 aromatic carbocycles. The maximum absolute atomic E-state index is 10.4. The molecule has 0 aliphatic carbocycles. The highest BCUT2D eigenvalue weighted by Gasteiger charge is 1.96. The first-order valence-corrected chi connectivity index (χ1v) is 3.20. The molecule has 0 saturated heterocycles. The fraction of sp³-hybridized carbons (Fsp3) is 0. The van der Waals surface area contributed by atoms with Crippen LogP contribution in [0.25, 0.3) is 6.08 Å². The van der Waals surface area contributed by atoms with Gasteiger partial charge in [0.15, 0.2) is 5.69 Å². The van der Waals surface area contributed by atoms with Crippen molar-refractivity contribution >= 4 is 11.8 Å². The molecule has 0 spiro atoms. The van der Waals surface area contributed by atoms with Crippen molar-refractivity contribution in [2.75, 3.05) is 0 Å². The SMILES string of the molecule is C=Cc1ccc([NH+]([O-])O)cc1. The van der Waals surface area contributed by atoms with Crippen LogP contribution in [-0.2, 0) is 0 Å². The zero-order valence-electron chi connectivity index (χ0n) is 5.95. The maximum Gasteiger partial charge on any atom is 0.163 e. The number of hydrogen-bond donors (Lipinski definition) is 2. The number of nitrogens with one attached hydrogen (secondary N) is 1. The van der Waals surface area contributed by atoms with E-state index < -0.39 is 5.23 Å². The van der Waals surface area contributed by atoms with E-state index in [9.17, 15) is 5.21 Å². The van der Waals surface area contributed by atoms with Gasteiger partial charge in [-0.1, -0.05) is 12.7 Å². The van der Waals surface area contributed by atoms with Gasteiger partial charge in [0.2, 0.25) is 0 Å². The zero-order chi connectivity index (χ0) is 8.27. The lowest BCUT2D eigenvalue weighted by Crippen LogP contribution is -2.99. The first-order chi connectivity index (χ1) is 5.24. The molecule has 1 rings (SSSR count). The Morgan fingerprint density at radius 1 is 1.36 bits per heavy atom. The molecule has 1 aromatic rings. The fourth-order valence-corrected chi connectivity index (χ4v) is 0.762. The minimum absolute atomic E-state index is 0.301. The monoisotopic (exact) mass is 151 g/mol. The van der Waals surface area contributed by atoms with Gasteiger partial charge in [0.1, 0.15) is 0 Å². The van der Waals surface area contributed by atoms with Gasteiger partial charge in [0.05, 0.1) is 0 Å². The largest absolute Gasteiger partial charge is 0.595 e. The molecule has 2 N–H and O–H groups in total. The molecule has 0 aliphatic heterocycles. The molecule has 1 atom stereocenters. The van der Waals surface area contributed by atoms with E-state index >= 15 is 0 Å². The van der Waals surface area contributed by atoms with E-state index in [2.05, 4.69) is 6.58 Å². The number of benzene rings is 1. The summed E-state index contributed by atoms with van der Waals surface area (Å²) in [5.41, 5.74) is 1.23. The Hall–Kier alpha value is -1.16. The lowest BCUT2D eigenvalue weighted by molar-refractivity contribution is -0.991. The fourth-order valence-electron chi connectivity index (χ4n) is 0.762. The van der Waals surface area contributed by atoms with Crippen molar-refractivity contribution in [3.63, 3.8) is 0 Å². The minimum atomic E-state index is -0.902. The molecule has 3 heteroatoms. The highest BCUT2D eigenvalue weighted by atomic mass is 16.8. The average molecular weight is 151 g/mol. The molecule has 3 nitrogen and oxygen atoms in total. The van der Waals surface area contributed by atoms with Gasteiger partial charge in [0.25, 0.3) is 0 Å². The Labute approximate surface area is 64.7 Å². The quantitative estimate of drug-likeness (QED) is 0.612. The molecular weight excluding hydrogens is 142 g/mol. The molecule has 58 valence electrons. The van der Waals surface area contributed by atoms with Crippen LogP contribution in [0.1, 0.15) is 5.56 Å². The summed E-state index contributed by atoms with van der Waals surface area (Å²) in [6.45, 7) is 3.56. The van der Waals surface area contributed by atoms with Crippen molar-refractivity contribution in [1.82, 2.24) is 0 Å². The van der Waals surface area contributed by atoms with E-state index in [-0.39, 0.29) is 0 Å². The van der Waals surface area contributed by atoms with Gasteiger partial charge in [0, 0.05) is 12.1 Å². The highest BCUT2D eigenvalue weighted by Crippen LogP contribution is 2.05. The van der Waals surface area contributed by atoms with Crippen molar-refractivity contribution in [3.8, 4) is 0 Å². The predicted molar refractivity (Wildman–Crippen MR) is 42.3 cm³/mol. The van der Waals surface area contributed by atoms with Crippen molar-refractivity contribution in [1.29, 1.82) is 0 Å². The normalized spacial score (nSPS) is 12.5. The number of quaternary nitrogens is 1. The van der Waals surface area contributed by atoms with Crippen LogP contribution in [0.3, 0.4) is 0 Å². The topological polar surface area (TPSA) is 47.7 Å². The van der Waals surface area contributed by atoms with E-state index in [1.54, 1.807) is 30.3 Å². The summed E-state index contributed by atoms with van der Waals surface area (Å²) < 4.78 is 0. The first-order valence-electron chi connectivity index (χ1n) is 3.20. The molecule has 0 aromatic heterocycles. The van der Waals surface area contributed by atoms with Crippen LogP contribution in [0.4, 0.5) is 5.69 Å². The molecule has 0 bridgehead atoms. The summed E-state index contributed by atoms with van der Waals surface area (Å²) in [5.74, 6) is 0. The van der Waals surface area contributed by atoms with Crippen LogP contribution in [0.15, 0.2) is 30.8 Å². The summed E-state index contributed by atoms with van der Waals surface area (Å²) in [7, 11) is 0. The summed E-state index contributed by atoms with van der Waals surface area (Å²) in [6, 6.07) is 6.55. The smallest absolute Gasteiger partial charge is 0.163 e. The lowest BCUT2D eigenvalue weighted by atomic mass is 10.2. The summed E-state index contributed by atoms with van der Waals surface area (Å²) in [6.07, 6.45) is 1.67. The van der Waals surface area contributed by atoms with Gasteiger partial charge in [-0.05, 0) is 17.7 Å². The van der Waals surface area contributed by atoms with Crippen LogP contribution in [0.2, 0.25) is 0 Å². The molecule has 0 aliphatic rings. The Morgan fingerprint density at radius 3 is 2.27 bits per heavy atom. The van der Waals surface area contributed by atoms with Crippen molar-refractivity contribution < 1.29 is 10.4 Å². The number of rotatable bonds is 2. The summed E-state index contributed by atoms with van der Waals surface area (Å²) in [4.78, 5) is 0. The van der Waals surface area contributed by atoms with E-state index in [0.717, 1.165) is 5.56 Å². The second kappa shape index (κ2) is 3.30. The average Bonchev–Trinajstić information content (AvgIpc) is 2.05. The maximum atomic E-state index is 10.4. The first kappa shape index (κ1) is 7.94. The van der Waals surface area contributed by atoms with Crippen LogP contribution in [0, 0.1) is 5.21 Å². The third-order valence-electron chi connectivity index (χ3n) is 1.39. The Morgan fingerprint density at radius 2 is 1.91 bits per heavy atom. The van der Waals surface area contributed by atoms with Crippen LogP contribution in [-0.4, -0.2) is 5.21 Å². The third kappa shape index (κ3) is 1.88. The molecule has 11 heavy (non-hydrogen) atoms. The van der Waals surface area contributed by atoms with Crippen molar-refractivity contribution in [2.45, 2.75) is 0 Å².